The summed E-state index contributed by atoms with van der Waals surface area (Å²) in [5.41, 5.74) is 3.23. The van der Waals surface area contributed by atoms with Gasteiger partial charge in [0, 0.05) is 0 Å². The standard InChI is InChI=1S/2C11H18P.Fe/c2*1-9(2)12(10(3)4)11-7-5-6-8-11;/h2*5-10H,1-4H3;/q2*-1;+2. The van der Waals surface area contributed by atoms with Crippen LogP contribution in [0, 0.1) is 0 Å². The normalized spacial score (nSPS) is 11.4. The molecule has 0 atom stereocenters. The van der Waals surface area contributed by atoms with Crippen LogP contribution in [0.2, 0.25) is 0 Å². The van der Waals surface area contributed by atoms with Gasteiger partial charge in [-0.1, -0.05) is 55.4 Å². The van der Waals surface area contributed by atoms with Crippen molar-refractivity contribution in [1.82, 2.24) is 0 Å². The maximum atomic E-state index is 2.33. The van der Waals surface area contributed by atoms with E-state index < -0.39 is 0 Å². The van der Waals surface area contributed by atoms with Crippen molar-refractivity contribution in [3.05, 3.63) is 48.5 Å². The molecule has 0 heterocycles. The molecule has 0 fully saturated rings. The average Bonchev–Trinajstić information content (AvgIpc) is 3.11. The fourth-order valence-electron chi connectivity index (χ4n) is 3.46. The fourth-order valence-corrected chi connectivity index (χ4v) is 9.26. The van der Waals surface area contributed by atoms with Gasteiger partial charge in [0.25, 0.3) is 0 Å². The first-order valence-corrected chi connectivity index (χ1v) is 12.2. The van der Waals surface area contributed by atoms with Crippen molar-refractivity contribution >= 4 is 26.5 Å². The largest absolute Gasteiger partial charge is 2.00 e. The second-order valence-corrected chi connectivity index (χ2v) is 14.3. The molecule has 0 aliphatic carbocycles. The van der Waals surface area contributed by atoms with Gasteiger partial charge in [0.15, 0.2) is 0 Å². The Balaban J connectivity index is 0.000000443. The van der Waals surface area contributed by atoms with E-state index in [0.717, 1.165) is 22.6 Å². The molecule has 0 saturated carbocycles. The molecule has 0 aromatic heterocycles. The van der Waals surface area contributed by atoms with Gasteiger partial charge in [0.1, 0.15) is 0 Å². The van der Waals surface area contributed by atoms with Crippen LogP contribution in [0.25, 0.3) is 0 Å². The molecular formula is C22H36FeP2. The summed E-state index contributed by atoms with van der Waals surface area (Å²) in [7, 11) is 0.127. The summed E-state index contributed by atoms with van der Waals surface area (Å²) in [6, 6.07) is 17.7. The van der Waals surface area contributed by atoms with Crippen molar-refractivity contribution in [2.24, 2.45) is 0 Å². The first-order valence-electron chi connectivity index (χ1n) is 9.25. The van der Waals surface area contributed by atoms with Gasteiger partial charge in [-0.3, -0.25) is 0 Å². The molecule has 0 nitrogen and oxygen atoms in total. The van der Waals surface area contributed by atoms with Crippen LogP contribution in [0.4, 0.5) is 0 Å². The smallest absolute Gasteiger partial charge is 0.206 e. The number of hydrogen-bond donors (Lipinski definition) is 0. The molecule has 0 spiro atoms. The molecule has 0 N–H and O–H groups in total. The van der Waals surface area contributed by atoms with Crippen LogP contribution >= 0.6 is 15.8 Å². The molecule has 3 heteroatoms. The van der Waals surface area contributed by atoms with E-state index in [1.165, 1.54) is 0 Å². The zero-order valence-corrected chi connectivity index (χ0v) is 20.1. The Labute approximate surface area is 169 Å². The van der Waals surface area contributed by atoms with Gasteiger partial charge in [-0.05, 0) is 22.6 Å². The maximum Gasteiger partial charge on any atom is 2.00 e. The zero-order chi connectivity index (χ0) is 18.3. The topological polar surface area (TPSA) is 0 Å². The first kappa shape index (κ1) is 25.1. The Morgan fingerprint density at radius 1 is 0.600 bits per heavy atom. The predicted octanol–water partition coefficient (Wildman–Crippen LogP) is 6.66. The van der Waals surface area contributed by atoms with Crippen molar-refractivity contribution in [3.8, 4) is 0 Å². The fraction of sp³-hybridized carbons (Fsp3) is 0.545. The van der Waals surface area contributed by atoms with Crippen LogP contribution in [0.15, 0.2) is 48.5 Å². The Kier molecular flexibility index (Phi) is 12.5. The minimum atomic E-state index is 0. The zero-order valence-electron chi connectivity index (χ0n) is 17.2. The third kappa shape index (κ3) is 8.10. The van der Waals surface area contributed by atoms with Gasteiger partial charge < -0.3 is 0 Å². The van der Waals surface area contributed by atoms with Gasteiger partial charge in [-0.15, -0.1) is 15.8 Å². The monoisotopic (exact) mass is 418 g/mol. The average molecular weight is 418 g/mol. The molecule has 2 aromatic rings. The van der Waals surface area contributed by atoms with Crippen molar-refractivity contribution in [2.75, 3.05) is 0 Å². The Bertz CT molecular complexity index is 458. The first-order chi connectivity index (χ1) is 11.3. The summed E-state index contributed by atoms with van der Waals surface area (Å²) in [6.45, 7) is 18.7. The minimum absolute atomic E-state index is 0. The molecule has 0 saturated heterocycles. The molecule has 0 amide bonds. The van der Waals surface area contributed by atoms with E-state index in [2.05, 4.69) is 104 Å². The molecule has 0 aliphatic rings. The number of hydrogen-bond acceptors (Lipinski definition) is 0. The van der Waals surface area contributed by atoms with Gasteiger partial charge in [-0.2, -0.15) is 47.0 Å². The minimum Gasteiger partial charge on any atom is -0.206 e. The number of rotatable bonds is 6. The second kappa shape index (κ2) is 12.5. The molecule has 142 valence electrons. The summed E-state index contributed by atoms with van der Waals surface area (Å²) in [5.74, 6) is 0. The van der Waals surface area contributed by atoms with Crippen molar-refractivity contribution in [3.63, 3.8) is 0 Å². The molecule has 2 rings (SSSR count). The van der Waals surface area contributed by atoms with Crippen LogP contribution in [0.5, 0.6) is 0 Å². The van der Waals surface area contributed by atoms with E-state index in [1.54, 1.807) is 10.6 Å². The summed E-state index contributed by atoms with van der Waals surface area (Å²) < 4.78 is 0. The molecule has 0 radical (unpaired) electrons. The van der Waals surface area contributed by atoms with E-state index >= 15 is 0 Å². The summed E-state index contributed by atoms with van der Waals surface area (Å²) in [4.78, 5) is 0. The Morgan fingerprint density at radius 3 is 1.04 bits per heavy atom. The van der Waals surface area contributed by atoms with Crippen molar-refractivity contribution in [1.29, 1.82) is 0 Å². The quantitative estimate of drug-likeness (QED) is 0.280. The van der Waals surface area contributed by atoms with Gasteiger partial charge >= 0.3 is 17.1 Å². The van der Waals surface area contributed by atoms with E-state index in [4.69, 9.17) is 0 Å². The summed E-state index contributed by atoms with van der Waals surface area (Å²) in [5, 5.41) is 3.13. The van der Waals surface area contributed by atoms with Crippen molar-refractivity contribution in [2.45, 2.75) is 78.0 Å². The van der Waals surface area contributed by atoms with Crippen LogP contribution in [0.1, 0.15) is 55.4 Å². The third-order valence-electron chi connectivity index (χ3n) is 4.11. The summed E-state index contributed by atoms with van der Waals surface area (Å²) >= 11 is 0. The second-order valence-electron chi connectivity index (χ2n) is 7.48. The van der Waals surface area contributed by atoms with E-state index in [9.17, 15) is 0 Å². The maximum absolute atomic E-state index is 2.33. The van der Waals surface area contributed by atoms with E-state index in [-0.39, 0.29) is 32.9 Å². The van der Waals surface area contributed by atoms with Gasteiger partial charge in [0.2, 0.25) is 0 Å². The van der Waals surface area contributed by atoms with Crippen LogP contribution in [-0.2, 0) is 17.1 Å². The third-order valence-corrected chi connectivity index (χ3v) is 10.4. The molecule has 0 aliphatic heterocycles. The van der Waals surface area contributed by atoms with Crippen molar-refractivity contribution < 1.29 is 17.1 Å². The van der Waals surface area contributed by atoms with Crippen LogP contribution < -0.4 is 10.6 Å². The van der Waals surface area contributed by atoms with Gasteiger partial charge in [-0.25, -0.2) is 12.1 Å². The van der Waals surface area contributed by atoms with Crippen LogP contribution in [0.3, 0.4) is 0 Å². The summed E-state index contributed by atoms with van der Waals surface area (Å²) in [6.07, 6.45) is 0. The van der Waals surface area contributed by atoms with E-state index in [0.29, 0.717) is 0 Å². The van der Waals surface area contributed by atoms with Crippen LogP contribution in [-0.4, -0.2) is 22.6 Å². The molecule has 0 bridgehead atoms. The predicted molar refractivity (Wildman–Crippen MR) is 118 cm³/mol. The Hall–Kier alpha value is 0.0795. The van der Waals surface area contributed by atoms with E-state index in [1.807, 2.05) is 0 Å². The molecular weight excluding hydrogens is 382 g/mol. The molecule has 2 aromatic carbocycles. The molecule has 25 heavy (non-hydrogen) atoms. The Morgan fingerprint density at radius 2 is 0.880 bits per heavy atom. The SMILES string of the molecule is CC(C)P(c1cc[cH-]c1)C(C)C.CC(C)P(c1cc[cH-]c1)C(C)C.[Fe+2]. The molecule has 0 unspecified atom stereocenters. The van der Waals surface area contributed by atoms with Gasteiger partial charge in [0.05, 0.1) is 0 Å².